The Hall–Kier alpha value is -1.46. The van der Waals surface area contributed by atoms with Crippen molar-refractivity contribution in [3.8, 4) is 0 Å². The molecule has 0 bridgehead atoms. The van der Waals surface area contributed by atoms with E-state index in [1.165, 1.54) is 25.3 Å². The van der Waals surface area contributed by atoms with Gasteiger partial charge in [0, 0.05) is 12.8 Å². The molecule has 0 amide bonds. The first-order valence-corrected chi connectivity index (χ1v) is 10.3. The maximum absolute atomic E-state index is 13.8. The zero-order valence-electron chi connectivity index (χ0n) is 16.5. The van der Waals surface area contributed by atoms with Crippen molar-refractivity contribution < 1.29 is 24.1 Å². The molecular formula is C22H35FO4. The van der Waals surface area contributed by atoms with Crippen molar-refractivity contribution in [2.75, 3.05) is 0 Å². The van der Waals surface area contributed by atoms with Crippen LogP contribution in [0.25, 0.3) is 0 Å². The molecule has 0 aromatic heterocycles. The van der Waals surface area contributed by atoms with Crippen LogP contribution in [0.5, 0.6) is 0 Å². The summed E-state index contributed by atoms with van der Waals surface area (Å²) in [5.74, 6) is -1.12. The Morgan fingerprint density at radius 2 is 1.89 bits per heavy atom. The molecule has 0 aromatic carbocycles. The number of hydrogen-bond donors (Lipinski definition) is 2. The number of unbranched alkanes of at least 4 members (excludes halogenated alkanes) is 5. The molecule has 0 spiro atoms. The Morgan fingerprint density at radius 3 is 2.63 bits per heavy atom. The minimum Gasteiger partial charge on any atom is -0.481 e. The molecule has 1 rings (SSSR count). The highest BCUT2D eigenvalue weighted by Gasteiger charge is 2.42. The number of carboxylic acids is 1. The quantitative estimate of drug-likeness (QED) is 0.211. The summed E-state index contributed by atoms with van der Waals surface area (Å²) in [4.78, 5) is 10.4. The zero-order valence-corrected chi connectivity index (χ0v) is 16.5. The maximum atomic E-state index is 13.8. The molecule has 3 atom stereocenters. The molecule has 1 saturated heterocycles. The van der Waals surface area contributed by atoms with E-state index in [-0.39, 0.29) is 30.9 Å². The van der Waals surface area contributed by atoms with Gasteiger partial charge in [0.2, 0.25) is 0 Å². The first-order valence-electron chi connectivity index (χ1n) is 10.3. The molecule has 0 aliphatic carbocycles. The lowest BCUT2D eigenvalue weighted by Gasteiger charge is -2.02. The van der Waals surface area contributed by atoms with E-state index in [0.29, 0.717) is 6.42 Å². The number of halogens is 1. The van der Waals surface area contributed by atoms with Gasteiger partial charge in [-0.15, -0.1) is 0 Å². The third-order valence-electron chi connectivity index (χ3n) is 4.58. The second-order valence-electron chi connectivity index (χ2n) is 7.11. The SMILES string of the molecule is CCCCC/C=C\C/C=C\C/C(F)=C\C(O)C1OC1CCCCCC(=O)O. The van der Waals surface area contributed by atoms with Gasteiger partial charge >= 0.3 is 5.97 Å². The molecule has 5 heteroatoms. The van der Waals surface area contributed by atoms with Crippen molar-refractivity contribution in [2.24, 2.45) is 0 Å². The number of ether oxygens (including phenoxy) is 1. The fraction of sp³-hybridized carbons (Fsp3) is 0.682. The van der Waals surface area contributed by atoms with E-state index in [0.717, 1.165) is 32.1 Å². The van der Waals surface area contributed by atoms with Crippen LogP contribution in [-0.2, 0) is 9.53 Å². The fourth-order valence-electron chi connectivity index (χ4n) is 2.93. The van der Waals surface area contributed by atoms with E-state index >= 15 is 0 Å². The number of aliphatic hydroxyl groups excluding tert-OH is 1. The lowest BCUT2D eigenvalue weighted by Crippen LogP contribution is -2.14. The van der Waals surface area contributed by atoms with Crippen LogP contribution in [-0.4, -0.2) is 34.5 Å². The normalized spacial score (nSPS) is 21.2. The molecule has 0 aromatic rings. The molecule has 27 heavy (non-hydrogen) atoms. The van der Waals surface area contributed by atoms with E-state index in [9.17, 15) is 14.3 Å². The predicted octanol–water partition coefficient (Wildman–Crippen LogP) is 5.48. The van der Waals surface area contributed by atoms with E-state index in [4.69, 9.17) is 9.84 Å². The second-order valence-corrected chi connectivity index (χ2v) is 7.11. The molecule has 1 aliphatic rings. The first kappa shape index (κ1) is 23.6. The summed E-state index contributed by atoms with van der Waals surface area (Å²) >= 11 is 0. The van der Waals surface area contributed by atoms with E-state index in [2.05, 4.69) is 19.1 Å². The highest BCUT2D eigenvalue weighted by Crippen LogP contribution is 2.31. The lowest BCUT2D eigenvalue weighted by atomic mass is 10.1. The third kappa shape index (κ3) is 12.5. The number of aliphatic carboxylic acids is 1. The number of aliphatic hydroxyl groups is 1. The summed E-state index contributed by atoms with van der Waals surface area (Å²) in [5, 5.41) is 18.6. The van der Waals surface area contributed by atoms with Gasteiger partial charge in [-0.1, -0.05) is 56.9 Å². The summed E-state index contributed by atoms with van der Waals surface area (Å²) in [7, 11) is 0. The number of rotatable bonds is 16. The number of hydrogen-bond acceptors (Lipinski definition) is 3. The van der Waals surface area contributed by atoms with Crippen molar-refractivity contribution >= 4 is 5.97 Å². The molecule has 154 valence electrons. The molecule has 1 heterocycles. The summed E-state index contributed by atoms with van der Waals surface area (Å²) in [5.41, 5.74) is 0. The van der Waals surface area contributed by atoms with Gasteiger partial charge in [0.15, 0.2) is 0 Å². The second kappa shape index (κ2) is 14.6. The Bertz CT molecular complexity index is 499. The van der Waals surface area contributed by atoms with Crippen molar-refractivity contribution in [3.63, 3.8) is 0 Å². The van der Waals surface area contributed by atoms with Gasteiger partial charge in [0.1, 0.15) is 18.0 Å². The van der Waals surface area contributed by atoms with Crippen LogP contribution in [0.4, 0.5) is 4.39 Å². The van der Waals surface area contributed by atoms with Crippen LogP contribution in [0.2, 0.25) is 0 Å². The summed E-state index contributed by atoms with van der Waals surface area (Å²) in [6.07, 6.45) is 17.1. The van der Waals surface area contributed by atoms with Gasteiger partial charge in [-0.2, -0.15) is 0 Å². The highest BCUT2D eigenvalue weighted by molar-refractivity contribution is 5.66. The van der Waals surface area contributed by atoms with E-state index in [1.807, 2.05) is 6.08 Å². The smallest absolute Gasteiger partial charge is 0.303 e. The minimum atomic E-state index is -0.916. The summed E-state index contributed by atoms with van der Waals surface area (Å²) in [6, 6.07) is 0. The van der Waals surface area contributed by atoms with E-state index in [1.54, 1.807) is 6.08 Å². The van der Waals surface area contributed by atoms with Gasteiger partial charge in [-0.3, -0.25) is 4.79 Å². The van der Waals surface area contributed by atoms with Gasteiger partial charge in [-0.05, 0) is 38.2 Å². The van der Waals surface area contributed by atoms with E-state index < -0.39 is 12.1 Å². The molecule has 0 saturated carbocycles. The van der Waals surface area contributed by atoms with Crippen LogP contribution < -0.4 is 0 Å². The van der Waals surface area contributed by atoms with Crippen molar-refractivity contribution in [2.45, 2.75) is 95.9 Å². The number of carbonyl (C=O) groups is 1. The van der Waals surface area contributed by atoms with Gasteiger partial charge in [0.25, 0.3) is 0 Å². The van der Waals surface area contributed by atoms with Crippen molar-refractivity contribution in [1.29, 1.82) is 0 Å². The lowest BCUT2D eigenvalue weighted by molar-refractivity contribution is -0.137. The van der Waals surface area contributed by atoms with Crippen LogP contribution >= 0.6 is 0 Å². The van der Waals surface area contributed by atoms with Crippen LogP contribution in [0, 0.1) is 0 Å². The molecule has 1 aliphatic heterocycles. The molecule has 0 radical (unpaired) electrons. The Kier molecular flexibility index (Phi) is 12.7. The maximum Gasteiger partial charge on any atom is 0.303 e. The van der Waals surface area contributed by atoms with Crippen molar-refractivity contribution in [1.82, 2.24) is 0 Å². The number of epoxide rings is 1. The standard InChI is InChI=1S/C22H35FO4/c1-2-3-4-5-6-7-8-9-11-14-18(23)17-19(24)22-20(27-22)15-12-10-13-16-21(25)26/h6-7,9,11,17,19-20,22,24H,2-5,8,10,12-16H2,1H3,(H,25,26)/b7-6-,11-9-,18-17+. The highest BCUT2D eigenvalue weighted by atomic mass is 19.1. The van der Waals surface area contributed by atoms with Crippen LogP contribution in [0.3, 0.4) is 0 Å². The topological polar surface area (TPSA) is 70.1 Å². The summed E-state index contributed by atoms with van der Waals surface area (Å²) in [6.45, 7) is 2.19. The van der Waals surface area contributed by atoms with Crippen LogP contribution in [0.15, 0.2) is 36.2 Å². The average molecular weight is 383 g/mol. The molecular weight excluding hydrogens is 347 g/mol. The molecule has 4 nitrogen and oxygen atoms in total. The Labute approximate surface area is 162 Å². The van der Waals surface area contributed by atoms with Crippen molar-refractivity contribution in [3.05, 3.63) is 36.2 Å². The predicted molar refractivity (Wildman–Crippen MR) is 106 cm³/mol. The Morgan fingerprint density at radius 1 is 1.11 bits per heavy atom. The minimum absolute atomic E-state index is 0.0396. The Balaban J connectivity index is 2.10. The van der Waals surface area contributed by atoms with Crippen LogP contribution in [0.1, 0.15) is 77.6 Å². The molecule has 2 N–H and O–H groups in total. The largest absolute Gasteiger partial charge is 0.481 e. The fourth-order valence-corrected chi connectivity index (χ4v) is 2.93. The number of allylic oxidation sites excluding steroid dienone is 5. The zero-order chi connectivity index (χ0) is 19.9. The van der Waals surface area contributed by atoms with Gasteiger partial charge < -0.3 is 14.9 Å². The monoisotopic (exact) mass is 382 g/mol. The number of carboxylic acid groups (broad SMARTS) is 1. The first-order chi connectivity index (χ1) is 13.0. The third-order valence-corrected chi connectivity index (χ3v) is 4.58. The van der Waals surface area contributed by atoms with Gasteiger partial charge in [-0.25, -0.2) is 4.39 Å². The average Bonchev–Trinajstić information content (AvgIpc) is 3.39. The molecule has 1 fully saturated rings. The van der Waals surface area contributed by atoms with Gasteiger partial charge in [0.05, 0.1) is 6.10 Å². The summed E-state index contributed by atoms with van der Waals surface area (Å²) < 4.78 is 19.2. The molecule has 3 unspecified atom stereocenters.